The molecule has 1 N–H and O–H groups in total. The zero-order chi connectivity index (χ0) is 17.1. The Hall–Kier alpha value is -2.82. The molecule has 0 radical (unpaired) electrons. The molecule has 3 rings (SSSR count). The van der Waals surface area contributed by atoms with Crippen LogP contribution in [0.3, 0.4) is 0 Å². The van der Waals surface area contributed by atoms with E-state index in [1.807, 2.05) is 55.5 Å². The van der Waals surface area contributed by atoms with Gasteiger partial charge < -0.3 is 14.4 Å². The molecule has 0 aliphatic heterocycles. The topological polar surface area (TPSA) is 64.4 Å². The normalized spacial score (nSPS) is 12.2. The standard InChI is InChI=1S/C19H20N2O3/c1-3-24-15-10-8-14(9-11-15)12-18-20-16-6-4-5-7-17(16)21(18)13(2)19(22)23/h4-11,13H,3,12H2,1-2H3,(H,22,23). The van der Waals surface area contributed by atoms with Crippen molar-refractivity contribution in [2.75, 3.05) is 6.61 Å². The van der Waals surface area contributed by atoms with Gasteiger partial charge in [-0.3, -0.25) is 0 Å². The number of imidazole rings is 1. The van der Waals surface area contributed by atoms with Crippen molar-refractivity contribution < 1.29 is 14.6 Å². The number of benzene rings is 2. The zero-order valence-electron chi connectivity index (χ0n) is 13.8. The molecule has 0 saturated carbocycles. The lowest BCUT2D eigenvalue weighted by atomic mass is 10.1. The van der Waals surface area contributed by atoms with Crippen molar-refractivity contribution in [1.82, 2.24) is 9.55 Å². The first-order valence-corrected chi connectivity index (χ1v) is 8.00. The number of carboxylic acid groups (broad SMARTS) is 1. The smallest absolute Gasteiger partial charge is 0.326 e. The number of ether oxygens (including phenoxy) is 1. The molecule has 0 aliphatic carbocycles. The molecule has 0 saturated heterocycles. The van der Waals surface area contributed by atoms with Gasteiger partial charge in [-0.2, -0.15) is 0 Å². The van der Waals surface area contributed by atoms with Crippen LogP contribution in [-0.2, 0) is 11.2 Å². The summed E-state index contributed by atoms with van der Waals surface area (Å²) in [5, 5.41) is 9.43. The summed E-state index contributed by atoms with van der Waals surface area (Å²) in [5.41, 5.74) is 2.72. The average molecular weight is 324 g/mol. The van der Waals surface area contributed by atoms with Crippen LogP contribution >= 0.6 is 0 Å². The SMILES string of the molecule is CCOc1ccc(Cc2nc3ccccc3n2C(C)C(=O)O)cc1. The monoisotopic (exact) mass is 324 g/mol. The van der Waals surface area contributed by atoms with Crippen LogP contribution in [0.2, 0.25) is 0 Å². The predicted molar refractivity (Wildman–Crippen MR) is 92.5 cm³/mol. The third kappa shape index (κ3) is 3.11. The predicted octanol–water partition coefficient (Wildman–Crippen LogP) is 3.67. The molecule has 3 aromatic rings. The van der Waals surface area contributed by atoms with Crippen molar-refractivity contribution in [3.05, 3.63) is 59.9 Å². The summed E-state index contributed by atoms with van der Waals surface area (Å²) in [6.07, 6.45) is 0.568. The largest absolute Gasteiger partial charge is 0.494 e. The molecule has 1 atom stereocenters. The number of hydrogen-bond acceptors (Lipinski definition) is 3. The van der Waals surface area contributed by atoms with Gasteiger partial charge in [0.1, 0.15) is 17.6 Å². The highest BCUT2D eigenvalue weighted by molar-refractivity contribution is 5.80. The van der Waals surface area contributed by atoms with Crippen LogP contribution in [0.25, 0.3) is 11.0 Å². The Morgan fingerprint density at radius 1 is 1.21 bits per heavy atom. The summed E-state index contributed by atoms with van der Waals surface area (Å²) < 4.78 is 7.25. The van der Waals surface area contributed by atoms with Crippen LogP contribution in [-0.4, -0.2) is 27.2 Å². The summed E-state index contributed by atoms with van der Waals surface area (Å²) in [6.45, 7) is 4.26. The molecule has 0 spiro atoms. The lowest BCUT2D eigenvalue weighted by Gasteiger charge is -2.14. The molecule has 0 aliphatic rings. The van der Waals surface area contributed by atoms with E-state index in [4.69, 9.17) is 4.74 Å². The van der Waals surface area contributed by atoms with E-state index < -0.39 is 12.0 Å². The van der Waals surface area contributed by atoms with E-state index in [0.717, 1.165) is 28.2 Å². The minimum Gasteiger partial charge on any atom is -0.494 e. The lowest BCUT2D eigenvalue weighted by Crippen LogP contribution is -2.18. The molecule has 0 fully saturated rings. The molecule has 2 aromatic carbocycles. The van der Waals surface area contributed by atoms with Gasteiger partial charge in [0, 0.05) is 6.42 Å². The Balaban J connectivity index is 1.99. The first kappa shape index (κ1) is 16.1. The first-order valence-electron chi connectivity index (χ1n) is 8.00. The second-order valence-corrected chi connectivity index (χ2v) is 5.65. The summed E-state index contributed by atoms with van der Waals surface area (Å²) in [7, 11) is 0. The Bertz CT molecular complexity index is 853. The highest BCUT2D eigenvalue weighted by atomic mass is 16.5. The summed E-state index contributed by atoms with van der Waals surface area (Å²) in [6, 6.07) is 14.8. The summed E-state index contributed by atoms with van der Waals surface area (Å²) in [4.78, 5) is 16.1. The molecule has 0 bridgehead atoms. The molecule has 124 valence electrons. The molecule has 1 unspecified atom stereocenters. The second kappa shape index (κ2) is 6.74. The third-order valence-electron chi connectivity index (χ3n) is 4.01. The molecule has 0 amide bonds. The lowest BCUT2D eigenvalue weighted by molar-refractivity contribution is -0.140. The third-order valence-corrected chi connectivity index (χ3v) is 4.01. The van der Waals surface area contributed by atoms with Crippen LogP contribution in [0.4, 0.5) is 0 Å². The van der Waals surface area contributed by atoms with E-state index in [9.17, 15) is 9.90 Å². The van der Waals surface area contributed by atoms with Crippen molar-refractivity contribution in [3.63, 3.8) is 0 Å². The van der Waals surface area contributed by atoms with Gasteiger partial charge in [-0.05, 0) is 43.7 Å². The number of carbonyl (C=O) groups is 1. The van der Waals surface area contributed by atoms with Crippen LogP contribution in [0.1, 0.15) is 31.3 Å². The van der Waals surface area contributed by atoms with Gasteiger partial charge >= 0.3 is 5.97 Å². The first-order chi connectivity index (χ1) is 11.6. The van der Waals surface area contributed by atoms with E-state index >= 15 is 0 Å². The van der Waals surface area contributed by atoms with Gasteiger partial charge in [-0.15, -0.1) is 0 Å². The minimum absolute atomic E-state index is 0.568. The number of nitrogens with zero attached hydrogens (tertiary/aromatic N) is 2. The van der Waals surface area contributed by atoms with E-state index in [1.165, 1.54) is 0 Å². The maximum Gasteiger partial charge on any atom is 0.326 e. The van der Waals surface area contributed by atoms with Crippen LogP contribution in [0.5, 0.6) is 5.75 Å². The maximum atomic E-state index is 11.5. The molecule has 1 heterocycles. The zero-order valence-corrected chi connectivity index (χ0v) is 13.8. The fraction of sp³-hybridized carbons (Fsp3) is 0.263. The average Bonchev–Trinajstić information content (AvgIpc) is 2.94. The quantitative estimate of drug-likeness (QED) is 0.751. The molecular formula is C19H20N2O3. The summed E-state index contributed by atoms with van der Waals surface area (Å²) in [5.74, 6) is 0.704. The summed E-state index contributed by atoms with van der Waals surface area (Å²) >= 11 is 0. The number of hydrogen-bond donors (Lipinski definition) is 1. The Kier molecular flexibility index (Phi) is 4.51. The number of rotatable bonds is 6. The number of carboxylic acids is 1. The van der Waals surface area contributed by atoms with Gasteiger partial charge in [-0.25, -0.2) is 9.78 Å². The minimum atomic E-state index is -0.869. The van der Waals surface area contributed by atoms with Crippen LogP contribution in [0, 0.1) is 0 Å². The van der Waals surface area contributed by atoms with Crippen molar-refractivity contribution >= 4 is 17.0 Å². The highest BCUT2D eigenvalue weighted by Gasteiger charge is 2.20. The second-order valence-electron chi connectivity index (χ2n) is 5.65. The van der Waals surface area contributed by atoms with E-state index in [-0.39, 0.29) is 0 Å². The Labute approximate surface area is 140 Å². The number of aliphatic carboxylic acids is 1. The van der Waals surface area contributed by atoms with E-state index in [1.54, 1.807) is 11.5 Å². The Morgan fingerprint density at radius 3 is 2.58 bits per heavy atom. The van der Waals surface area contributed by atoms with Gasteiger partial charge in [0.2, 0.25) is 0 Å². The maximum absolute atomic E-state index is 11.5. The van der Waals surface area contributed by atoms with Gasteiger partial charge in [-0.1, -0.05) is 24.3 Å². The van der Waals surface area contributed by atoms with Crippen molar-refractivity contribution in [1.29, 1.82) is 0 Å². The number of aromatic nitrogens is 2. The molecule has 1 aromatic heterocycles. The van der Waals surface area contributed by atoms with Crippen molar-refractivity contribution in [2.45, 2.75) is 26.3 Å². The number of para-hydroxylation sites is 2. The fourth-order valence-corrected chi connectivity index (χ4v) is 2.81. The van der Waals surface area contributed by atoms with Crippen molar-refractivity contribution in [2.24, 2.45) is 0 Å². The van der Waals surface area contributed by atoms with Crippen LogP contribution < -0.4 is 4.74 Å². The van der Waals surface area contributed by atoms with Gasteiger partial charge in [0.05, 0.1) is 17.6 Å². The Morgan fingerprint density at radius 2 is 1.92 bits per heavy atom. The van der Waals surface area contributed by atoms with E-state index in [2.05, 4.69) is 4.98 Å². The molecule has 5 nitrogen and oxygen atoms in total. The molecular weight excluding hydrogens is 304 g/mol. The highest BCUT2D eigenvalue weighted by Crippen LogP contribution is 2.24. The molecule has 5 heteroatoms. The molecule has 24 heavy (non-hydrogen) atoms. The van der Waals surface area contributed by atoms with Gasteiger partial charge in [0.25, 0.3) is 0 Å². The van der Waals surface area contributed by atoms with Gasteiger partial charge in [0.15, 0.2) is 0 Å². The van der Waals surface area contributed by atoms with E-state index in [0.29, 0.717) is 13.0 Å². The number of fused-ring (bicyclic) bond motifs is 1. The van der Waals surface area contributed by atoms with Crippen LogP contribution in [0.15, 0.2) is 48.5 Å². The van der Waals surface area contributed by atoms with Crippen molar-refractivity contribution in [3.8, 4) is 5.75 Å². The fourth-order valence-electron chi connectivity index (χ4n) is 2.81.